The van der Waals surface area contributed by atoms with Crippen LogP contribution in [0.15, 0.2) is 206 Å². The number of nitriles is 1. The van der Waals surface area contributed by atoms with E-state index in [4.69, 9.17) is 16.3 Å². The van der Waals surface area contributed by atoms with Crippen molar-refractivity contribution in [2.45, 2.75) is 33.1 Å². The molecule has 0 aliphatic carbocycles. The Balaban J connectivity index is 0.954. The number of pyridine rings is 1. The number of ether oxygens (including phenoxy) is 1. The molecule has 0 unspecified atom stereocenters. The van der Waals surface area contributed by atoms with Gasteiger partial charge in [-0.05, 0) is 129 Å². The van der Waals surface area contributed by atoms with Gasteiger partial charge in [0.05, 0.1) is 51.0 Å². The van der Waals surface area contributed by atoms with Crippen LogP contribution in [0.4, 0.5) is 28.4 Å². The molecule has 0 bridgehead atoms. The molecular weight excluding hydrogens is 937 g/mol. The molecule has 0 atom stereocenters. The van der Waals surface area contributed by atoms with Crippen molar-refractivity contribution in [2.24, 2.45) is 0 Å². The average Bonchev–Trinajstić information content (AvgIpc) is 4.12. The monoisotopic (exact) mass is 984 g/mol. The lowest BCUT2D eigenvalue weighted by Crippen LogP contribution is -2.25. The smallest absolute Gasteiger partial charge is 0.192 e. The van der Waals surface area contributed by atoms with Crippen LogP contribution in [0, 0.1) is 24.8 Å². The van der Waals surface area contributed by atoms with E-state index in [9.17, 15) is 5.26 Å². The summed E-state index contributed by atoms with van der Waals surface area (Å²) in [6.07, 6.45) is 1.88. The third-order valence-corrected chi connectivity index (χ3v) is 15.7. The summed E-state index contributed by atoms with van der Waals surface area (Å²) in [5.41, 5.74) is 15.8. The van der Waals surface area contributed by atoms with Gasteiger partial charge in [-0.3, -0.25) is 4.57 Å². The maximum absolute atomic E-state index is 9.80. The minimum Gasteiger partial charge on any atom is -0.459 e. The molecule has 0 radical (unpaired) electrons. The Hall–Kier alpha value is -9.47. The van der Waals surface area contributed by atoms with Crippen LogP contribution in [0.25, 0.3) is 86.0 Å². The Kier molecular flexibility index (Phi) is 10.9. The van der Waals surface area contributed by atoms with Crippen LogP contribution in [-0.4, -0.2) is 16.2 Å². The van der Waals surface area contributed by atoms with E-state index in [1.54, 1.807) is 0 Å². The molecule has 12 aromatic rings. The van der Waals surface area contributed by atoms with Crippen molar-refractivity contribution in [3.05, 3.63) is 234 Å². The first kappa shape index (κ1) is 45.4. The third-order valence-electron chi connectivity index (χ3n) is 14.5. The van der Waals surface area contributed by atoms with E-state index >= 15 is 0 Å². The fourth-order valence-electron chi connectivity index (χ4n) is 10.8. The summed E-state index contributed by atoms with van der Waals surface area (Å²) in [5.74, 6) is 2.06. The van der Waals surface area contributed by atoms with Crippen molar-refractivity contribution >= 4 is 81.8 Å². The number of rotatable bonds is 8. The van der Waals surface area contributed by atoms with Gasteiger partial charge in [-0.25, -0.2) is 9.83 Å². The van der Waals surface area contributed by atoms with Gasteiger partial charge in [0, 0.05) is 50.6 Å². The van der Waals surface area contributed by atoms with E-state index < -0.39 is 0 Å². The van der Waals surface area contributed by atoms with E-state index in [1.165, 1.54) is 31.1 Å². The zero-order valence-corrected chi connectivity index (χ0v) is 42.7. The second-order valence-corrected chi connectivity index (χ2v) is 21.4. The summed E-state index contributed by atoms with van der Waals surface area (Å²) in [4.78, 5) is 13.7. The van der Waals surface area contributed by atoms with Crippen molar-refractivity contribution in [3.8, 4) is 56.8 Å². The highest BCUT2D eigenvalue weighted by atomic mass is 32.1. The molecule has 8 heteroatoms. The van der Waals surface area contributed by atoms with Gasteiger partial charge in [-0.1, -0.05) is 136 Å². The number of anilines is 4. The molecule has 0 fully saturated rings. The maximum atomic E-state index is 9.80. The van der Waals surface area contributed by atoms with Crippen molar-refractivity contribution in [1.82, 2.24) is 9.55 Å². The lowest BCUT2D eigenvalue weighted by atomic mass is 9.86. The largest absolute Gasteiger partial charge is 0.459 e. The molecule has 9 aromatic carbocycles. The van der Waals surface area contributed by atoms with Crippen LogP contribution in [0.1, 0.15) is 37.5 Å². The van der Waals surface area contributed by atoms with Crippen LogP contribution < -0.4 is 14.5 Å². The molecule has 4 heterocycles. The normalized spacial score (nSPS) is 12.4. The van der Waals surface area contributed by atoms with Gasteiger partial charge in [0.2, 0.25) is 0 Å². The Morgan fingerprint density at radius 2 is 1.41 bits per heavy atom. The van der Waals surface area contributed by atoms with Gasteiger partial charge < -0.3 is 14.5 Å². The fraction of sp³-hybridized carbons (Fsp3) is 0.0896. The predicted molar refractivity (Wildman–Crippen MR) is 311 cm³/mol. The average molecular weight is 985 g/mol. The lowest BCUT2D eigenvalue weighted by Gasteiger charge is -2.27. The van der Waals surface area contributed by atoms with Gasteiger partial charge in [0.15, 0.2) is 5.69 Å². The minimum atomic E-state index is -0.137. The molecule has 0 saturated heterocycles. The molecule has 0 spiro atoms. The van der Waals surface area contributed by atoms with Gasteiger partial charge in [0.25, 0.3) is 0 Å². The van der Waals surface area contributed by atoms with Gasteiger partial charge >= 0.3 is 0 Å². The molecule has 3 aromatic heterocycles. The van der Waals surface area contributed by atoms with Gasteiger partial charge in [0.1, 0.15) is 24.0 Å². The molecule has 0 saturated carbocycles. The van der Waals surface area contributed by atoms with Crippen LogP contribution in [-0.2, 0) is 5.41 Å². The fourth-order valence-corrected chi connectivity index (χ4v) is 12.1. The molecule has 7 nitrogen and oxygen atoms in total. The van der Waals surface area contributed by atoms with Gasteiger partial charge in [-0.15, -0.1) is 11.3 Å². The maximum Gasteiger partial charge on any atom is 0.192 e. The third kappa shape index (κ3) is 7.92. The van der Waals surface area contributed by atoms with Crippen LogP contribution in [0.2, 0.25) is 0 Å². The summed E-state index contributed by atoms with van der Waals surface area (Å²) in [5, 5.41) is 14.5. The molecule has 1 aliphatic rings. The van der Waals surface area contributed by atoms with E-state index in [2.05, 4.69) is 199 Å². The summed E-state index contributed by atoms with van der Waals surface area (Å²) in [6, 6.07) is 72.1. The number of thiophene rings is 1. The number of hydrogen-bond acceptors (Lipinski definition) is 6. The highest BCUT2D eigenvalue weighted by Crippen LogP contribution is 2.53. The topological polar surface area (TPSA) is 61.7 Å². The van der Waals surface area contributed by atoms with E-state index in [0.29, 0.717) is 29.4 Å². The van der Waals surface area contributed by atoms with Crippen molar-refractivity contribution < 1.29 is 4.74 Å². The summed E-state index contributed by atoms with van der Waals surface area (Å²) >= 11 is 1.81. The first-order chi connectivity index (χ1) is 36.6. The minimum absolute atomic E-state index is 0.137. The molecule has 0 amide bonds. The Morgan fingerprint density at radius 1 is 0.640 bits per heavy atom. The van der Waals surface area contributed by atoms with Crippen molar-refractivity contribution in [3.63, 3.8) is 0 Å². The van der Waals surface area contributed by atoms with Crippen LogP contribution >= 0.6 is 11.3 Å². The summed E-state index contributed by atoms with van der Waals surface area (Å²) in [6.45, 7) is 17.7. The summed E-state index contributed by atoms with van der Waals surface area (Å²) < 4.78 is 11.7. The van der Waals surface area contributed by atoms with Gasteiger partial charge in [-0.2, -0.15) is 5.26 Å². The Morgan fingerprint density at radius 3 is 2.21 bits per heavy atom. The number of hydrogen-bond donors (Lipinski definition) is 0. The number of aryl methyl sites for hydroxylation is 1. The van der Waals surface area contributed by atoms with Crippen molar-refractivity contribution in [1.29, 1.82) is 5.26 Å². The quantitative estimate of drug-likeness (QED) is 0.142. The Labute approximate surface area is 439 Å². The molecule has 358 valence electrons. The first-order valence-corrected chi connectivity index (χ1v) is 25.9. The number of para-hydroxylation sites is 1. The molecular formula is C67H48N6OS. The second-order valence-electron chi connectivity index (χ2n) is 20.3. The van der Waals surface area contributed by atoms with Crippen molar-refractivity contribution in [2.75, 3.05) is 16.5 Å². The summed E-state index contributed by atoms with van der Waals surface area (Å²) in [7, 11) is 0. The van der Waals surface area contributed by atoms with Crippen LogP contribution in [0.5, 0.6) is 11.5 Å². The number of fused-ring (bicyclic) bond motifs is 8. The molecule has 75 heavy (non-hydrogen) atoms. The van der Waals surface area contributed by atoms with E-state index in [0.717, 1.165) is 83.9 Å². The molecule has 0 N–H and O–H groups in total. The highest BCUT2D eigenvalue weighted by Gasteiger charge is 2.33. The highest BCUT2D eigenvalue weighted by molar-refractivity contribution is 7.27. The zero-order chi connectivity index (χ0) is 51.0. The predicted octanol–water partition coefficient (Wildman–Crippen LogP) is 18.6. The van der Waals surface area contributed by atoms with E-state index in [-0.39, 0.29) is 5.41 Å². The standard InChI is InChI=1S/C67H48N6OS/c1-42-31-32-70-62(33-42)73-59-39-52(27-28-57(59)66-65(73)63-54-18-10-9-15-45(54)25-30-61(63)75-66)74-53-37-50(69-5)36-51(38-53)71-41-72(58-29-26-49(35-60(58)71)67(2,3)4)64-55(46-23-21-43(40-68)22-24-46)19-12-20-56(64)48-17-11-16-47(34-48)44-13-7-6-8-14-44/h6-39H,41H2,1-4H3. The number of benzene rings is 9. The van der Waals surface area contributed by atoms with Crippen LogP contribution in [0.3, 0.4) is 0 Å². The molecule has 13 rings (SSSR count). The van der Waals surface area contributed by atoms with E-state index in [1.807, 2.05) is 72.1 Å². The zero-order valence-electron chi connectivity index (χ0n) is 41.8. The molecule has 1 aliphatic heterocycles. The lowest BCUT2D eigenvalue weighted by molar-refractivity contribution is 0.483. The number of nitrogens with zero attached hydrogens (tertiary/aromatic N) is 6. The Bertz CT molecular complexity index is 4340. The second kappa shape index (κ2) is 17.9. The SMILES string of the molecule is [C-]#[N+]c1cc(Oc2ccc3c4sc5ccc6ccccc6c5c4n(-c4cc(C)ccn4)c3c2)cc(N2CN(c3c(-c4ccc(C#N)cc4)cccc3-c3cccc(-c4ccccc4)c3)c3ccc(C(C)(C)C)cc32)c1. The number of aromatic nitrogens is 2. The first-order valence-electron chi connectivity index (χ1n) is 25.1.